The van der Waals surface area contributed by atoms with E-state index in [4.69, 9.17) is 0 Å². The standard InChI is InChI=1S/C17H20F2N2O2S/c1-20(2)14-8-6-7-13(11-14)12-21(3)15-9-4-5-10-16(15)24(22,23)17(18)19/h4-11,17H,12H2,1-3H3. The van der Waals surface area contributed by atoms with E-state index in [-0.39, 0.29) is 10.6 Å². The van der Waals surface area contributed by atoms with Crippen molar-refractivity contribution < 1.29 is 17.2 Å². The molecule has 0 saturated heterocycles. The van der Waals surface area contributed by atoms with Crippen LogP contribution in [-0.4, -0.2) is 35.3 Å². The van der Waals surface area contributed by atoms with E-state index in [1.165, 1.54) is 18.2 Å². The number of alkyl halides is 2. The normalized spacial score (nSPS) is 11.6. The molecule has 24 heavy (non-hydrogen) atoms. The first-order chi connectivity index (χ1) is 11.2. The molecule has 0 spiro atoms. The molecule has 4 nitrogen and oxygen atoms in total. The van der Waals surface area contributed by atoms with E-state index in [1.807, 2.05) is 43.3 Å². The second-order valence-electron chi connectivity index (χ2n) is 5.69. The number of anilines is 2. The first-order valence-corrected chi connectivity index (χ1v) is 8.86. The summed E-state index contributed by atoms with van der Waals surface area (Å²) < 4.78 is 49.5. The predicted octanol–water partition coefficient (Wildman–Crippen LogP) is 3.39. The van der Waals surface area contributed by atoms with Crippen LogP contribution in [-0.2, 0) is 16.4 Å². The van der Waals surface area contributed by atoms with Gasteiger partial charge in [-0.25, -0.2) is 8.42 Å². The molecule has 0 heterocycles. The lowest BCUT2D eigenvalue weighted by molar-refractivity contribution is 0.235. The molecule has 0 atom stereocenters. The molecule has 0 amide bonds. The van der Waals surface area contributed by atoms with Gasteiger partial charge in [0.05, 0.1) is 10.6 Å². The molecule has 0 aliphatic carbocycles. The van der Waals surface area contributed by atoms with Gasteiger partial charge in [-0.05, 0) is 29.8 Å². The molecule has 0 aromatic heterocycles. The fourth-order valence-corrected chi connectivity index (χ4v) is 3.38. The van der Waals surface area contributed by atoms with Gasteiger partial charge in [-0.1, -0.05) is 24.3 Å². The van der Waals surface area contributed by atoms with Crippen LogP contribution in [0, 0.1) is 0 Å². The molecule has 0 radical (unpaired) electrons. The van der Waals surface area contributed by atoms with Crippen LogP contribution in [0.2, 0.25) is 0 Å². The second kappa shape index (κ2) is 7.17. The summed E-state index contributed by atoms with van der Waals surface area (Å²) >= 11 is 0. The average Bonchev–Trinajstić information content (AvgIpc) is 2.54. The highest BCUT2D eigenvalue weighted by Crippen LogP contribution is 2.29. The molecule has 0 N–H and O–H groups in total. The van der Waals surface area contributed by atoms with Crippen LogP contribution in [0.25, 0.3) is 0 Å². The molecular formula is C17H20F2N2O2S. The van der Waals surface area contributed by atoms with Crippen molar-refractivity contribution in [1.29, 1.82) is 0 Å². The van der Waals surface area contributed by atoms with E-state index in [9.17, 15) is 17.2 Å². The maximum atomic E-state index is 12.9. The van der Waals surface area contributed by atoms with Crippen LogP contribution in [0.4, 0.5) is 20.2 Å². The van der Waals surface area contributed by atoms with E-state index < -0.39 is 15.6 Å². The largest absolute Gasteiger partial charge is 0.378 e. The highest BCUT2D eigenvalue weighted by atomic mass is 32.2. The lowest BCUT2D eigenvalue weighted by Crippen LogP contribution is -2.21. The van der Waals surface area contributed by atoms with Gasteiger partial charge in [0.1, 0.15) is 0 Å². The summed E-state index contributed by atoms with van der Waals surface area (Å²) in [6, 6.07) is 13.6. The van der Waals surface area contributed by atoms with Crippen molar-refractivity contribution in [2.45, 2.75) is 17.2 Å². The van der Waals surface area contributed by atoms with Crippen LogP contribution in [0.3, 0.4) is 0 Å². The second-order valence-corrected chi connectivity index (χ2v) is 7.58. The zero-order chi connectivity index (χ0) is 17.9. The third-order valence-electron chi connectivity index (χ3n) is 3.66. The summed E-state index contributed by atoms with van der Waals surface area (Å²) in [5.74, 6) is -3.44. The van der Waals surface area contributed by atoms with Gasteiger partial charge >= 0.3 is 5.76 Å². The molecule has 2 aromatic carbocycles. The molecule has 0 aliphatic rings. The number of halogens is 2. The summed E-state index contributed by atoms with van der Waals surface area (Å²) in [4.78, 5) is 3.26. The van der Waals surface area contributed by atoms with Gasteiger partial charge in [0, 0.05) is 33.4 Å². The Morgan fingerprint density at radius 2 is 1.67 bits per heavy atom. The summed E-state index contributed by atoms with van der Waals surface area (Å²) in [5.41, 5.74) is 2.22. The zero-order valence-electron chi connectivity index (χ0n) is 13.8. The Balaban J connectivity index is 2.35. The summed E-state index contributed by atoms with van der Waals surface area (Å²) in [5, 5.41) is 0. The minimum absolute atomic E-state index is 0.257. The van der Waals surface area contributed by atoms with Crippen LogP contribution in [0.15, 0.2) is 53.4 Å². The molecule has 7 heteroatoms. The molecular weight excluding hydrogens is 334 g/mol. The Kier molecular flexibility index (Phi) is 5.43. The quantitative estimate of drug-likeness (QED) is 0.797. The van der Waals surface area contributed by atoms with Gasteiger partial charge in [0.15, 0.2) is 0 Å². The Labute approximate surface area is 141 Å². The van der Waals surface area contributed by atoms with E-state index in [0.717, 1.165) is 11.3 Å². The molecule has 0 unspecified atom stereocenters. The number of sulfone groups is 1. The Bertz CT molecular complexity index is 808. The van der Waals surface area contributed by atoms with Crippen molar-refractivity contribution in [3.63, 3.8) is 0 Å². The number of para-hydroxylation sites is 1. The molecule has 0 saturated carbocycles. The van der Waals surface area contributed by atoms with E-state index in [2.05, 4.69) is 0 Å². The van der Waals surface area contributed by atoms with Gasteiger partial charge in [-0.2, -0.15) is 8.78 Å². The van der Waals surface area contributed by atoms with Crippen molar-refractivity contribution in [3.8, 4) is 0 Å². The highest BCUT2D eigenvalue weighted by Gasteiger charge is 2.29. The van der Waals surface area contributed by atoms with Crippen molar-refractivity contribution in [2.24, 2.45) is 0 Å². The Morgan fingerprint density at radius 1 is 1.00 bits per heavy atom. The highest BCUT2D eigenvalue weighted by molar-refractivity contribution is 7.91. The van der Waals surface area contributed by atoms with Gasteiger partial charge in [0.25, 0.3) is 0 Å². The zero-order valence-corrected chi connectivity index (χ0v) is 14.6. The number of nitrogens with zero attached hydrogens (tertiary/aromatic N) is 2. The maximum absolute atomic E-state index is 12.9. The van der Waals surface area contributed by atoms with Gasteiger partial charge < -0.3 is 9.80 Å². The van der Waals surface area contributed by atoms with Crippen LogP contribution in [0.5, 0.6) is 0 Å². The van der Waals surface area contributed by atoms with Gasteiger partial charge in [-0.3, -0.25) is 0 Å². The molecule has 2 aromatic rings. The van der Waals surface area contributed by atoms with Crippen molar-refractivity contribution in [2.75, 3.05) is 30.9 Å². The van der Waals surface area contributed by atoms with Crippen molar-refractivity contribution in [1.82, 2.24) is 0 Å². The molecule has 130 valence electrons. The topological polar surface area (TPSA) is 40.6 Å². The Hall–Kier alpha value is -2.15. The van der Waals surface area contributed by atoms with Crippen LogP contribution >= 0.6 is 0 Å². The number of benzene rings is 2. The van der Waals surface area contributed by atoms with Gasteiger partial charge in [0.2, 0.25) is 9.84 Å². The van der Waals surface area contributed by atoms with Crippen molar-refractivity contribution >= 4 is 21.2 Å². The predicted molar refractivity (Wildman–Crippen MR) is 92.5 cm³/mol. The SMILES string of the molecule is CN(C)c1cccc(CN(C)c2ccccc2S(=O)(=O)C(F)F)c1. The van der Waals surface area contributed by atoms with Gasteiger partial charge in [-0.15, -0.1) is 0 Å². The lowest BCUT2D eigenvalue weighted by atomic mass is 10.1. The monoisotopic (exact) mass is 354 g/mol. The third kappa shape index (κ3) is 3.84. The number of rotatable bonds is 6. The molecule has 2 rings (SSSR count). The van der Waals surface area contributed by atoms with E-state index in [0.29, 0.717) is 6.54 Å². The molecule has 0 fully saturated rings. The summed E-state index contributed by atoms with van der Waals surface area (Å²) in [6.45, 7) is 0.400. The van der Waals surface area contributed by atoms with E-state index in [1.54, 1.807) is 18.0 Å². The maximum Gasteiger partial charge on any atom is 0.341 e. The van der Waals surface area contributed by atoms with Crippen LogP contribution < -0.4 is 9.80 Å². The minimum Gasteiger partial charge on any atom is -0.378 e. The number of hydrogen-bond donors (Lipinski definition) is 0. The fourth-order valence-electron chi connectivity index (χ4n) is 2.40. The number of hydrogen-bond acceptors (Lipinski definition) is 4. The smallest absolute Gasteiger partial charge is 0.341 e. The summed E-state index contributed by atoms with van der Waals surface area (Å²) in [6.07, 6.45) is 0. The average molecular weight is 354 g/mol. The molecule has 0 bridgehead atoms. The van der Waals surface area contributed by atoms with E-state index >= 15 is 0 Å². The first-order valence-electron chi connectivity index (χ1n) is 7.32. The third-order valence-corrected chi connectivity index (χ3v) is 5.09. The summed E-state index contributed by atoms with van der Waals surface area (Å²) in [7, 11) is 0.881. The lowest BCUT2D eigenvalue weighted by Gasteiger charge is -2.23. The van der Waals surface area contributed by atoms with Crippen LogP contribution in [0.1, 0.15) is 5.56 Å². The van der Waals surface area contributed by atoms with Crippen molar-refractivity contribution in [3.05, 3.63) is 54.1 Å². The molecule has 0 aliphatic heterocycles. The fraction of sp³-hybridized carbons (Fsp3) is 0.294. The Morgan fingerprint density at radius 3 is 2.29 bits per heavy atom. The first kappa shape index (κ1) is 18.2. The minimum atomic E-state index is -4.65.